The molecule has 0 bridgehead atoms. The first-order valence-corrected chi connectivity index (χ1v) is 12.0. The molecule has 0 unspecified atom stereocenters. The van der Waals surface area contributed by atoms with Gasteiger partial charge in [0.25, 0.3) is 0 Å². The maximum atomic E-state index is 14.9. The summed E-state index contributed by atoms with van der Waals surface area (Å²) in [5.41, 5.74) is 0.0577. The van der Waals surface area contributed by atoms with E-state index in [4.69, 9.17) is 11.6 Å². The summed E-state index contributed by atoms with van der Waals surface area (Å²) >= 11 is 7.07. The van der Waals surface area contributed by atoms with Crippen molar-refractivity contribution in [1.82, 2.24) is 9.88 Å². The summed E-state index contributed by atoms with van der Waals surface area (Å²) < 4.78 is 68.6. The van der Waals surface area contributed by atoms with Crippen molar-refractivity contribution in [3.05, 3.63) is 34.5 Å². The van der Waals surface area contributed by atoms with Gasteiger partial charge in [-0.1, -0.05) is 16.1 Å². The minimum atomic E-state index is -4.70. The molecule has 2 atom stereocenters. The summed E-state index contributed by atoms with van der Waals surface area (Å²) in [7, 11) is -1.36. The molecule has 1 heterocycles. The number of carbonyl (C=O) groups excluding carboxylic acids is 1. The lowest BCUT2D eigenvalue weighted by Crippen LogP contribution is -2.50. The van der Waals surface area contributed by atoms with Gasteiger partial charge in [-0.3, -0.25) is 4.79 Å². The maximum Gasteiger partial charge on any atom is 0.322 e. The molecule has 1 aliphatic rings. The number of nitrogens with one attached hydrogen (secondary N) is 1. The van der Waals surface area contributed by atoms with Crippen molar-refractivity contribution in [3.8, 4) is 0 Å². The monoisotopic (exact) mass is 512 g/mol. The number of rotatable bonds is 8. The number of halogens is 4. The summed E-state index contributed by atoms with van der Waals surface area (Å²) in [5, 5.41) is 4.04. The number of thiazole rings is 1. The molecule has 3 rings (SSSR count). The van der Waals surface area contributed by atoms with Crippen molar-refractivity contribution in [2.24, 2.45) is 0 Å². The number of anilines is 2. The van der Waals surface area contributed by atoms with Crippen molar-refractivity contribution in [2.75, 3.05) is 23.9 Å². The molecule has 2 aromatic rings. The third-order valence-electron chi connectivity index (χ3n) is 5.03. The number of carbonyl (C=O) groups is 1. The van der Waals surface area contributed by atoms with E-state index in [0.717, 1.165) is 23.5 Å². The van der Waals surface area contributed by atoms with Gasteiger partial charge in [0.05, 0.1) is 10.7 Å². The largest absolute Gasteiger partial charge is 0.379 e. The highest BCUT2D eigenvalue weighted by molar-refractivity contribution is 7.92. The molecule has 1 saturated carbocycles. The third kappa shape index (κ3) is 5.11. The first kappa shape index (κ1) is 24.6. The van der Waals surface area contributed by atoms with Crippen LogP contribution in [-0.4, -0.2) is 56.9 Å². The van der Waals surface area contributed by atoms with Gasteiger partial charge in [0, 0.05) is 36.5 Å². The molecule has 0 radical (unpaired) electrons. The number of benzene rings is 1. The zero-order valence-electron chi connectivity index (χ0n) is 17.0. The van der Waals surface area contributed by atoms with Crippen LogP contribution in [-0.2, 0) is 19.7 Å². The van der Waals surface area contributed by atoms with Gasteiger partial charge >= 0.3 is 16.5 Å². The molecule has 0 aliphatic heterocycles. The van der Waals surface area contributed by atoms with Gasteiger partial charge in [-0.25, -0.2) is 18.2 Å². The SMILES string of the molecule is CN(C)[C@H]1CC(F)(F)CC[C@@H]1Nc1cc(F)c(S(=O)(=O)N(OC=O)c2nccs2)cc1Cl. The average Bonchev–Trinajstić information content (AvgIpc) is 3.23. The van der Waals surface area contributed by atoms with Crippen LogP contribution >= 0.6 is 22.9 Å². The van der Waals surface area contributed by atoms with Crippen LogP contribution in [0.5, 0.6) is 0 Å². The van der Waals surface area contributed by atoms with E-state index in [2.05, 4.69) is 15.1 Å². The van der Waals surface area contributed by atoms with Gasteiger partial charge < -0.3 is 15.1 Å². The molecule has 8 nitrogen and oxygen atoms in total. The van der Waals surface area contributed by atoms with Crippen LogP contribution in [0.3, 0.4) is 0 Å². The zero-order valence-corrected chi connectivity index (χ0v) is 19.4. The highest BCUT2D eigenvalue weighted by Crippen LogP contribution is 2.38. The van der Waals surface area contributed by atoms with E-state index in [1.807, 2.05) is 0 Å². The molecule has 176 valence electrons. The fourth-order valence-corrected chi connectivity index (χ4v) is 5.85. The van der Waals surface area contributed by atoms with E-state index in [9.17, 15) is 26.4 Å². The summed E-state index contributed by atoms with van der Waals surface area (Å²) in [6.45, 7) is -0.130. The number of nitrogens with zero attached hydrogens (tertiary/aromatic N) is 3. The van der Waals surface area contributed by atoms with Crippen molar-refractivity contribution in [2.45, 2.75) is 42.2 Å². The topological polar surface area (TPSA) is 91.8 Å². The second-order valence-electron chi connectivity index (χ2n) is 7.39. The summed E-state index contributed by atoms with van der Waals surface area (Å²) in [5.74, 6) is -3.98. The highest BCUT2D eigenvalue weighted by Gasteiger charge is 2.42. The fourth-order valence-electron chi connectivity index (χ4n) is 3.50. The Labute approximate surface area is 191 Å². The maximum absolute atomic E-state index is 14.9. The molecule has 1 fully saturated rings. The molecule has 14 heteroatoms. The zero-order chi connectivity index (χ0) is 23.7. The lowest BCUT2D eigenvalue weighted by Gasteiger charge is -2.40. The second-order valence-corrected chi connectivity index (χ2v) is 10.4. The van der Waals surface area contributed by atoms with Gasteiger partial charge in [-0.05, 0) is 32.6 Å². The lowest BCUT2D eigenvalue weighted by molar-refractivity contribution is -0.128. The van der Waals surface area contributed by atoms with Gasteiger partial charge in [-0.2, -0.15) is 8.42 Å². The second kappa shape index (κ2) is 9.41. The Hall–Kier alpha value is -2.09. The van der Waals surface area contributed by atoms with Gasteiger partial charge in [0.1, 0.15) is 10.7 Å². The summed E-state index contributed by atoms with van der Waals surface area (Å²) in [6.07, 6.45) is 0.671. The number of hydrogen-bond donors (Lipinski definition) is 1. The van der Waals surface area contributed by atoms with E-state index < -0.39 is 38.7 Å². The van der Waals surface area contributed by atoms with Gasteiger partial charge in [0.15, 0.2) is 0 Å². The van der Waals surface area contributed by atoms with Crippen LogP contribution in [0, 0.1) is 5.82 Å². The Morgan fingerprint density at radius 2 is 2.09 bits per heavy atom. The van der Waals surface area contributed by atoms with Crippen molar-refractivity contribution >= 4 is 50.3 Å². The van der Waals surface area contributed by atoms with E-state index in [1.165, 1.54) is 11.6 Å². The number of sulfonamides is 1. The van der Waals surface area contributed by atoms with E-state index in [0.29, 0.717) is 0 Å². The number of likely N-dealkylation sites (N-methyl/N-ethyl adjacent to an activating group) is 1. The van der Waals surface area contributed by atoms with E-state index in [1.54, 1.807) is 19.0 Å². The van der Waals surface area contributed by atoms with Crippen LogP contribution in [0.2, 0.25) is 5.02 Å². The van der Waals surface area contributed by atoms with Gasteiger partial charge in [-0.15, -0.1) is 11.3 Å². The molecular formula is C18H20ClF3N4O4S2. The Bertz CT molecular complexity index is 1070. The first-order valence-electron chi connectivity index (χ1n) is 9.31. The molecule has 1 aliphatic carbocycles. The quantitative estimate of drug-likeness (QED) is 0.425. The van der Waals surface area contributed by atoms with Crippen molar-refractivity contribution in [3.63, 3.8) is 0 Å². The van der Waals surface area contributed by atoms with Crippen LogP contribution in [0.15, 0.2) is 28.6 Å². The fraction of sp³-hybridized carbons (Fsp3) is 0.444. The Kier molecular flexibility index (Phi) is 7.22. The molecule has 0 amide bonds. The van der Waals surface area contributed by atoms with E-state index in [-0.39, 0.29) is 46.0 Å². The van der Waals surface area contributed by atoms with Crippen molar-refractivity contribution < 1.29 is 31.2 Å². The molecule has 1 aromatic carbocycles. The highest BCUT2D eigenvalue weighted by atomic mass is 35.5. The molecule has 1 N–H and O–H groups in total. The minimum absolute atomic E-state index is 0.0577. The molecule has 1 aromatic heterocycles. The third-order valence-corrected chi connectivity index (χ3v) is 7.76. The molecule has 0 saturated heterocycles. The predicted octanol–water partition coefficient (Wildman–Crippen LogP) is 3.75. The van der Waals surface area contributed by atoms with E-state index >= 15 is 0 Å². The molecule has 0 spiro atoms. The van der Waals surface area contributed by atoms with Gasteiger partial charge in [0.2, 0.25) is 11.1 Å². The molecule has 32 heavy (non-hydrogen) atoms. The van der Waals surface area contributed by atoms with Crippen LogP contribution < -0.4 is 9.79 Å². The van der Waals surface area contributed by atoms with Crippen LogP contribution in [0.1, 0.15) is 19.3 Å². The smallest absolute Gasteiger partial charge is 0.322 e. The summed E-state index contributed by atoms with van der Waals surface area (Å²) in [6, 6.07) is 0.720. The normalized spacial score (nSPS) is 20.7. The molecular weight excluding hydrogens is 493 g/mol. The number of alkyl halides is 2. The lowest BCUT2D eigenvalue weighted by atomic mass is 9.86. The van der Waals surface area contributed by atoms with Crippen molar-refractivity contribution in [1.29, 1.82) is 0 Å². The number of hydrogen-bond acceptors (Lipinski definition) is 8. The summed E-state index contributed by atoms with van der Waals surface area (Å²) in [4.78, 5) is 19.9. The standard InChI is InChI=1S/C18H20ClF3N4O4S2/c1-25(2)15-9-18(21,22)4-3-13(15)24-14-8-12(20)16(7-11(14)19)32(28,29)26(30-10-27)17-23-5-6-31-17/h5-8,10,13,15,24H,3-4,9H2,1-2H3/t13-,15-/m0/s1. The Morgan fingerprint density at radius 1 is 1.38 bits per heavy atom. The predicted molar refractivity (Wildman–Crippen MR) is 114 cm³/mol. The Balaban J connectivity index is 1.92. The minimum Gasteiger partial charge on any atom is -0.379 e. The van der Waals surface area contributed by atoms with Crippen LogP contribution in [0.4, 0.5) is 24.0 Å². The van der Waals surface area contributed by atoms with Crippen LogP contribution in [0.25, 0.3) is 0 Å². The first-order chi connectivity index (χ1) is 15.0. The number of aromatic nitrogens is 1. The average molecular weight is 513 g/mol. The Morgan fingerprint density at radius 3 is 2.69 bits per heavy atom.